The van der Waals surface area contributed by atoms with E-state index in [2.05, 4.69) is 24.4 Å². The van der Waals surface area contributed by atoms with E-state index in [9.17, 15) is 4.79 Å². The summed E-state index contributed by atoms with van der Waals surface area (Å²) in [5.74, 6) is 1.31. The number of aryl methyl sites for hydroxylation is 1. The minimum atomic E-state index is -0.155. The lowest BCUT2D eigenvalue weighted by Crippen LogP contribution is -2.11. The first-order valence-corrected chi connectivity index (χ1v) is 9.31. The zero-order valence-electron chi connectivity index (χ0n) is 14.8. The van der Waals surface area contributed by atoms with Gasteiger partial charge in [-0.2, -0.15) is 0 Å². The Balaban J connectivity index is 1.60. The fourth-order valence-electron chi connectivity index (χ4n) is 2.49. The first-order chi connectivity index (χ1) is 12.7. The van der Waals surface area contributed by atoms with Crippen LogP contribution in [0.5, 0.6) is 11.5 Å². The number of hydrogen-bond donors (Lipinski definition) is 1. The number of rotatable bonds is 7. The molecule has 1 N–H and O–H groups in total. The van der Waals surface area contributed by atoms with Crippen molar-refractivity contribution in [2.24, 2.45) is 0 Å². The lowest BCUT2D eigenvalue weighted by Gasteiger charge is -2.08. The average Bonchev–Trinajstić information content (AvgIpc) is 3.16. The van der Waals surface area contributed by atoms with Gasteiger partial charge in [-0.3, -0.25) is 4.79 Å². The number of para-hydroxylation sites is 2. The molecular formula is C21H21NO3S. The first kappa shape index (κ1) is 18.0. The number of hydrogen-bond acceptors (Lipinski definition) is 4. The maximum absolute atomic E-state index is 12.4. The van der Waals surface area contributed by atoms with Crippen LogP contribution in [0.15, 0.2) is 60.0 Å². The summed E-state index contributed by atoms with van der Waals surface area (Å²) in [5.41, 5.74) is 2.91. The van der Waals surface area contributed by atoms with Gasteiger partial charge < -0.3 is 14.8 Å². The van der Waals surface area contributed by atoms with Crippen molar-refractivity contribution in [1.29, 1.82) is 0 Å². The largest absolute Gasteiger partial charge is 0.495 e. The predicted octanol–water partition coefficient (Wildman–Crippen LogP) is 5.15. The molecule has 1 amide bonds. The molecule has 1 aromatic heterocycles. The summed E-state index contributed by atoms with van der Waals surface area (Å²) in [6.45, 7) is 2.56. The van der Waals surface area contributed by atoms with Gasteiger partial charge in [-0.1, -0.05) is 31.2 Å². The Morgan fingerprint density at radius 2 is 1.85 bits per heavy atom. The molecule has 0 spiro atoms. The van der Waals surface area contributed by atoms with Crippen molar-refractivity contribution in [3.63, 3.8) is 0 Å². The standard InChI is InChI=1S/C21H21NO3S/c1-3-15-8-10-17(11-9-15)25-13-16-12-20(26-14-16)21(23)22-18-6-4-5-7-19(18)24-2/h4-12,14H,3,13H2,1-2H3,(H,22,23). The van der Waals surface area contributed by atoms with Crippen LogP contribution < -0.4 is 14.8 Å². The van der Waals surface area contributed by atoms with E-state index in [1.165, 1.54) is 16.9 Å². The smallest absolute Gasteiger partial charge is 0.265 e. The third-order valence-electron chi connectivity index (χ3n) is 3.97. The molecule has 0 unspecified atom stereocenters. The van der Waals surface area contributed by atoms with Crippen LogP contribution in [-0.4, -0.2) is 13.0 Å². The van der Waals surface area contributed by atoms with Crippen molar-refractivity contribution in [2.75, 3.05) is 12.4 Å². The van der Waals surface area contributed by atoms with Crippen LogP contribution in [-0.2, 0) is 13.0 Å². The third-order valence-corrected chi connectivity index (χ3v) is 4.95. The quantitative estimate of drug-likeness (QED) is 0.628. The van der Waals surface area contributed by atoms with E-state index in [1.54, 1.807) is 7.11 Å². The molecule has 2 aromatic carbocycles. The van der Waals surface area contributed by atoms with Crippen molar-refractivity contribution in [3.8, 4) is 11.5 Å². The fourth-order valence-corrected chi connectivity index (χ4v) is 3.28. The van der Waals surface area contributed by atoms with E-state index in [4.69, 9.17) is 9.47 Å². The van der Waals surface area contributed by atoms with Crippen molar-refractivity contribution >= 4 is 22.9 Å². The first-order valence-electron chi connectivity index (χ1n) is 8.43. The topological polar surface area (TPSA) is 47.6 Å². The summed E-state index contributed by atoms with van der Waals surface area (Å²) in [7, 11) is 1.58. The molecule has 0 saturated heterocycles. The minimum Gasteiger partial charge on any atom is -0.495 e. The van der Waals surface area contributed by atoms with Crippen LogP contribution in [0.1, 0.15) is 27.7 Å². The molecule has 0 radical (unpaired) electrons. The summed E-state index contributed by atoms with van der Waals surface area (Å²) >= 11 is 1.40. The molecule has 0 atom stereocenters. The van der Waals surface area contributed by atoms with Crippen LogP contribution in [0.2, 0.25) is 0 Å². The van der Waals surface area contributed by atoms with Gasteiger partial charge in [0.05, 0.1) is 17.7 Å². The monoisotopic (exact) mass is 367 g/mol. The minimum absolute atomic E-state index is 0.155. The van der Waals surface area contributed by atoms with E-state index in [0.29, 0.717) is 22.9 Å². The molecule has 26 heavy (non-hydrogen) atoms. The van der Waals surface area contributed by atoms with Crippen LogP contribution in [0, 0.1) is 0 Å². The number of anilines is 1. The molecule has 0 bridgehead atoms. The van der Waals surface area contributed by atoms with Crippen molar-refractivity contribution in [2.45, 2.75) is 20.0 Å². The van der Waals surface area contributed by atoms with Gasteiger partial charge in [0.1, 0.15) is 18.1 Å². The van der Waals surface area contributed by atoms with E-state index >= 15 is 0 Å². The number of carbonyl (C=O) groups is 1. The second-order valence-electron chi connectivity index (χ2n) is 5.76. The van der Waals surface area contributed by atoms with Gasteiger partial charge in [-0.05, 0) is 47.7 Å². The number of methoxy groups -OCH3 is 1. The van der Waals surface area contributed by atoms with Crippen LogP contribution in [0.25, 0.3) is 0 Å². The molecule has 0 aliphatic heterocycles. The SMILES string of the molecule is CCc1ccc(OCc2csc(C(=O)Nc3ccccc3OC)c2)cc1. The predicted molar refractivity (Wildman–Crippen MR) is 105 cm³/mol. The molecule has 0 aliphatic rings. The molecule has 4 nitrogen and oxygen atoms in total. The Labute approximate surface area is 157 Å². The van der Waals surface area contributed by atoms with Gasteiger partial charge in [0.2, 0.25) is 0 Å². The Morgan fingerprint density at radius 3 is 2.58 bits per heavy atom. The summed E-state index contributed by atoms with van der Waals surface area (Å²) in [5, 5.41) is 4.83. The molecule has 1 heterocycles. The second-order valence-corrected chi connectivity index (χ2v) is 6.67. The maximum atomic E-state index is 12.4. The molecule has 5 heteroatoms. The van der Waals surface area contributed by atoms with Crippen molar-refractivity contribution in [1.82, 2.24) is 0 Å². The molecule has 0 aliphatic carbocycles. The highest BCUT2D eigenvalue weighted by Gasteiger charge is 2.12. The Hall–Kier alpha value is -2.79. The number of benzene rings is 2. The third kappa shape index (κ3) is 4.43. The lowest BCUT2D eigenvalue weighted by atomic mass is 10.2. The number of carbonyl (C=O) groups excluding carboxylic acids is 1. The highest BCUT2D eigenvalue weighted by Crippen LogP contribution is 2.25. The highest BCUT2D eigenvalue weighted by atomic mass is 32.1. The molecule has 134 valence electrons. The highest BCUT2D eigenvalue weighted by molar-refractivity contribution is 7.12. The van der Waals surface area contributed by atoms with Gasteiger partial charge in [0.15, 0.2) is 0 Å². The Morgan fingerprint density at radius 1 is 1.08 bits per heavy atom. The van der Waals surface area contributed by atoms with Crippen LogP contribution in [0.4, 0.5) is 5.69 Å². The van der Waals surface area contributed by atoms with Gasteiger partial charge >= 0.3 is 0 Å². The maximum Gasteiger partial charge on any atom is 0.265 e. The van der Waals surface area contributed by atoms with Crippen molar-refractivity contribution < 1.29 is 14.3 Å². The van der Waals surface area contributed by atoms with Crippen LogP contribution >= 0.6 is 11.3 Å². The number of nitrogens with one attached hydrogen (secondary N) is 1. The summed E-state index contributed by atoms with van der Waals surface area (Å²) < 4.78 is 11.1. The fraction of sp³-hybridized carbons (Fsp3) is 0.190. The van der Waals surface area contributed by atoms with Gasteiger partial charge in [0, 0.05) is 5.56 Å². The average molecular weight is 367 g/mol. The van der Waals surface area contributed by atoms with E-state index < -0.39 is 0 Å². The molecule has 3 rings (SSSR count). The number of amides is 1. The lowest BCUT2D eigenvalue weighted by molar-refractivity contribution is 0.103. The normalized spacial score (nSPS) is 10.4. The van der Waals surface area contributed by atoms with Gasteiger partial charge in [0.25, 0.3) is 5.91 Å². The molecule has 0 saturated carbocycles. The van der Waals surface area contributed by atoms with E-state index in [1.807, 2.05) is 47.8 Å². The van der Waals surface area contributed by atoms with Gasteiger partial charge in [-0.25, -0.2) is 0 Å². The van der Waals surface area contributed by atoms with E-state index in [0.717, 1.165) is 17.7 Å². The van der Waals surface area contributed by atoms with E-state index in [-0.39, 0.29) is 5.91 Å². The van der Waals surface area contributed by atoms with Gasteiger partial charge in [-0.15, -0.1) is 11.3 Å². The molecule has 0 fully saturated rings. The summed E-state index contributed by atoms with van der Waals surface area (Å²) in [6, 6.07) is 17.3. The van der Waals surface area contributed by atoms with Crippen LogP contribution in [0.3, 0.4) is 0 Å². The Bertz CT molecular complexity index is 871. The zero-order chi connectivity index (χ0) is 18.4. The molecular weight excluding hydrogens is 346 g/mol. The molecule has 3 aromatic rings. The second kappa shape index (κ2) is 8.54. The summed E-state index contributed by atoms with van der Waals surface area (Å²) in [6.07, 6.45) is 1.01. The summed E-state index contributed by atoms with van der Waals surface area (Å²) in [4.78, 5) is 13.1. The number of ether oxygens (including phenoxy) is 2. The van der Waals surface area contributed by atoms with Crippen molar-refractivity contribution in [3.05, 3.63) is 76.0 Å². The number of thiophene rings is 1. The Kier molecular flexibility index (Phi) is 5.92. The zero-order valence-corrected chi connectivity index (χ0v) is 15.6.